The molecule has 0 fully saturated rings. The molecule has 30 heavy (non-hydrogen) atoms. The molecule has 0 atom stereocenters. The number of hydrogen-bond acceptors (Lipinski definition) is 4. The van der Waals surface area contributed by atoms with Crippen LogP contribution in [0.15, 0.2) is 70.3 Å². The third-order valence-electron chi connectivity index (χ3n) is 5.49. The Kier molecular flexibility index (Phi) is 4.65. The molecule has 0 bridgehead atoms. The summed E-state index contributed by atoms with van der Waals surface area (Å²) in [7, 11) is 0. The van der Waals surface area contributed by atoms with E-state index in [1.807, 2.05) is 18.2 Å². The summed E-state index contributed by atoms with van der Waals surface area (Å²) in [5, 5.41) is 7.76. The molecule has 0 radical (unpaired) electrons. The van der Waals surface area contributed by atoms with Gasteiger partial charge >= 0.3 is 5.69 Å². The van der Waals surface area contributed by atoms with Gasteiger partial charge in [0.15, 0.2) is 0 Å². The zero-order valence-electron chi connectivity index (χ0n) is 16.3. The summed E-state index contributed by atoms with van der Waals surface area (Å²) in [5.41, 5.74) is 6.45. The first kappa shape index (κ1) is 18.3. The van der Waals surface area contributed by atoms with Crippen LogP contribution in [-0.2, 0) is 19.5 Å². The SMILES string of the molecule is O=c1cc(CN2CCc3[nH]nc(-c4ccc(-c5ccccc5)cc4)c3C2)[nH]c(=O)[nH]1. The number of benzene rings is 2. The molecular formula is C23H21N5O2. The van der Waals surface area contributed by atoms with Gasteiger partial charge in [-0.05, 0) is 11.1 Å². The summed E-state index contributed by atoms with van der Waals surface area (Å²) < 4.78 is 0. The number of H-pyrrole nitrogens is 3. The highest BCUT2D eigenvalue weighted by Gasteiger charge is 2.23. The Morgan fingerprint density at radius 3 is 2.40 bits per heavy atom. The maximum Gasteiger partial charge on any atom is 0.325 e. The highest BCUT2D eigenvalue weighted by Crippen LogP contribution is 2.30. The maximum absolute atomic E-state index is 11.6. The van der Waals surface area contributed by atoms with Gasteiger partial charge in [0.25, 0.3) is 5.56 Å². The molecule has 150 valence electrons. The lowest BCUT2D eigenvalue weighted by Crippen LogP contribution is -2.32. The number of nitrogens with one attached hydrogen (secondary N) is 3. The summed E-state index contributed by atoms with van der Waals surface area (Å²) in [6.45, 7) is 2.04. The highest BCUT2D eigenvalue weighted by atomic mass is 16.2. The highest BCUT2D eigenvalue weighted by molar-refractivity contribution is 5.70. The van der Waals surface area contributed by atoms with Gasteiger partial charge in [-0.3, -0.25) is 19.8 Å². The number of rotatable bonds is 4. The molecule has 0 saturated heterocycles. The van der Waals surface area contributed by atoms with Crippen molar-refractivity contribution in [3.05, 3.63) is 98.5 Å². The van der Waals surface area contributed by atoms with Gasteiger partial charge in [-0.2, -0.15) is 5.10 Å². The predicted octanol–water partition coefficient (Wildman–Crippen LogP) is 2.68. The van der Waals surface area contributed by atoms with Gasteiger partial charge < -0.3 is 4.98 Å². The number of nitrogens with zero attached hydrogens (tertiary/aromatic N) is 2. The molecule has 2 aromatic carbocycles. The molecule has 7 nitrogen and oxygen atoms in total. The van der Waals surface area contributed by atoms with Gasteiger partial charge in [-0.1, -0.05) is 54.6 Å². The van der Waals surface area contributed by atoms with Crippen molar-refractivity contribution in [3.63, 3.8) is 0 Å². The van der Waals surface area contributed by atoms with Crippen LogP contribution in [-0.4, -0.2) is 31.6 Å². The first-order valence-corrected chi connectivity index (χ1v) is 9.92. The summed E-state index contributed by atoms with van der Waals surface area (Å²) in [5.74, 6) is 0. The third kappa shape index (κ3) is 3.62. The van der Waals surface area contributed by atoms with Gasteiger partial charge in [-0.25, -0.2) is 4.79 Å². The Balaban J connectivity index is 1.39. The van der Waals surface area contributed by atoms with Gasteiger partial charge in [0, 0.05) is 54.6 Å². The zero-order chi connectivity index (χ0) is 20.5. The largest absolute Gasteiger partial charge is 0.325 e. The van der Waals surface area contributed by atoms with Crippen molar-refractivity contribution in [2.75, 3.05) is 6.54 Å². The fourth-order valence-electron chi connectivity index (χ4n) is 4.02. The van der Waals surface area contributed by atoms with Crippen molar-refractivity contribution in [3.8, 4) is 22.4 Å². The molecule has 1 aliphatic heterocycles. The van der Waals surface area contributed by atoms with Crippen molar-refractivity contribution in [2.24, 2.45) is 0 Å². The Bertz CT molecular complexity index is 1260. The van der Waals surface area contributed by atoms with Crippen molar-refractivity contribution < 1.29 is 0 Å². The second-order valence-corrected chi connectivity index (χ2v) is 7.55. The van der Waals surface area contributed by atoms with Gasteiger partial charge in [0.1, 0.15) is 0 Å². The van der Waals surface area contributed by atoms with Crippen LogP contribution in [0.1, 0.15) is 17.0 Å². The van der Waals surface area contributed by atoms with E-state index in [9.17, 15) is 9.59 Å². The Labute approximate surface area is 172 Å². The fraction of sp³-hybridized carbons (Fsp3) is 0.174. The van der Waals surface area contributed by atoms with Crippen LogP contribution >= 0.6 is 0 Å². The molecular weight excluding hydrogens is 378 g/mol. The van der Waals surface area contributed by atoms with Gasteiger partial charge in [0.05, 0.1) is 5.69 Å². The predicted molar refractivity (Wildman–Crippen MR) is 115 cm³/mol. The van der Waals surface area contributed by atoms with E-state index in [2.05, 4.69) is 61.5 Å². The first-order chi connectivity index (χ1) is 14.7. The molecule has 0 amide bonds. The van der Waals surface area contributed by atoms with E-state index < -0.39 is 5.69 Å². The molecule has 0 aliphatic carbocycles. The normalized spacial score (nSPS) is 13.9. The standard InChI is InChI=1S/C23H21N5O2/c29-21-12-18(24-23(30)25-21)13-28-11-10-20-19(14-28)22(27-26-20)17-8-6-16(7-9-17)15-4-2-1-3-5-15/h1-9,12H,10-11,13-14H2,(H,26,27)(H2,24,25,29,30). The van der Waals surface area contributed by atoms with E-state index in [-0.39, 0.29) is 5.56 Å². The second-order valence-electron chi connectivity index (χ2n) is 7.55. The van der Waals surface area contributed by atoms with Crippen LogP contribution in [0, 0.1) is 0 Å². The van der Waals surface area contributed by atoms with Gasteiger partial charge in [0.2, 0.25) is 0 Å². The smallest absolute Gasteiger partial charge is 0.310 e. The van der Waals surface area contributed by atoms with Crippen LogP contribution in [0.3, 0.4) is 0 Å². The molecule has 0 saturated carbocycles. The number of hydrogen-bond donors (Lipinski definition) is 3. The lowest BCUT2D eigenvalue weighted by molar-refractivity contribution is 0.242. The molecule has 1 aliphatic rings. The topological polar surface area (TPSA) is 97.6 Å². The zero-order valence-corrected chi connectivity index (χ0v) is 16.3. The van der Waals surface area contributed by atoms with Crippen molar-refractivity contribution in [1.82, 2.24) is 25.1 Å². The molecule has 3 heterocycles. The molecule has 4 aromatic rings. The van der Waals surface area contributed by atoms with Crippen LogP contribution in [0.25, 0.3) is 22.4 Å². The summed E-state index contributed by atoms with van der Waals surface area (Å²) >= 11 is 0. The lowest BCUT2D eigenvalue weighted by Gasteiger charge is -2.26. The van der Waals surface area contributed by atoms with Crippen LogP contribution in [0.4, 0.5) is 0 Å². The van der Waals surface area contributed by atoms with E-state index in [4.69, 9.17) is 0 Å². The van der Waals surface area contributed by atoms with Crippen molar-refractivity contribution >= 4 is 0 Å². The second kappa shape index (κ2) is 7.61. The fourth-order valence-corrected chi connectivity index (χ4v) is 4.02. The quantitative estimate of drug-likeness (QED) is 0.491. The van der Waals surface area contributed by atoms with E-state index in [0.717, 1.165) is 29.9 Å². The molecule has 2 aromatic heterocycles. The maximum atomic E-state index is 11.6. The summed E-state index contributed by atoms with van der Waals surface area (Å²) in [6, 6.07) is 20.2. The minimum atomic E-state index is -0.474. The van der Waals surface area contributed by atoms with E-state index in [1.54, 1.807) is 0 Å². The summed E-state index contributed by atoms with van der Waals surface area (Å²) in [4.78, 5) is 30.2. The number of aromatic nitrogens is 4. The average molecular weight is 399 g/mol. The van der Waals surface area contributed by atoms with Crippen molar-refractivity contribution in [1.29, 1.82) is 0 Å². The van der Waals surface area contributed by atoms with Crippen LogP contribution in [0.2, 0.25) is 0 Å². The number of aromatic amines is 3. The minimum Gasteiger partial charge on any atom is -0.310 e. The molecule has 3 N–H and O–H groups in total. The van der Waals surface area contributed by atoms with Crippen LogP contribution in [0.5, 0.6) is 0 Å². The number of fused-ring (bicyclic) bond motifs is 1. The Morgan fingerprint density at radius 2 is 1.63 bits per heavy atom. The summed E-state index contributed by atoms with van der Waals surface area (Å²) in [6.07, 6.45) is 0.845. The van der Waals surface area contributed by atoms with Crippen LogP contribution < -0.4 is 11.2 Å². The Morgan fingerprint density at radius 1 is 0.900 bits per heavy atom. The van der Waals surface area contributed by atoms with Crippen molar-refractivity contribution in [2.45, 2.75) is 19.5 Å². The monoisotopic (exact) mass is 399 g/mol. The van der Waals surface area contributed by atoms with E-state index >= 15 is 0 Å². The molecule has 5 rings (SSSR count). The molecule has 0 unspecified atom stereocenters. The minimum absolute atomic E-state index is 0.381. The van der Waals surface area contributed by atoms with Gasteiger partial charge in [-0.15, -0.1) is 0 Å². The Hall–Kier alpha value is -3.71. The van der Waals surface area contributed by atoms with E-state index in [0.29, 0.717) is 18.8 Å². The molecule has 0 spiro atoms. The average Bonchev–Trinajstić information content (AvgIpc) is 3.17. The first-order valence-electron chi connectivity index (χ1n) is 9.92. The third-order valence-corrected chi connectivity index (χ3v) is 5.49. The lowest BCUT2D eigenvalue weighted by atomic mass is 9.98. The van der Waals surface area contributed by atoms with E-state index in [1.165, 1.54) is 22.8 Å². The molecule has 7 heteroatoms.